The Morgan fingerprint density at radius 2 is 1.83 bits per heavy atom. The Morgan fingerprint density at radius 3 is 2.66 bits per heavy atom. The van der Waals surface area contributed by atoms with E-state index in [0.29, 0.717) is 6.61 Å². The van der Waals surface area contributed by atoms with Crippen LogP contribution in [0.15, 0.2) is 72.8 Å². The van der Waals surface area contributed by atoms with Crippen LogP contribution in [0.3, 0.4) is 0 Å². The molecule has 1 heterocycles. The van der Waals surface area contributed by atoms with E-state index in [4.69, 9.17) is 14.2 Å². The molecule has 0 aromatic heterocycles. The molecule has 3 heteroatoms. The highest BCUT2D eigenvalue weighted by molar-refractivity contribution is 5.41. The maximum atomic E-state index is 6.45. The summed E-state index contributed by atoms with van der Waals surface area (Å²) in [6.45, 7) is 5.51. The molecule has 3 aromatic rings. The Kier molecular flexibility index (Phi) is 6.16. The minimum atomic E-state index is -0.142. The lowest BCUT2D eigenvalue weighted by Crippen LogP contribution is -2.33. The van der Waals surface area contributed by atoms with Crippen LogP contribution >= 0.6 is 0 Å². The summed E-state index contributed by atoms with van der Waals surface area (Å²) in [4.78, 5) is 0. The maximum Gasteiger partial charge on any atom is 0.150 e. The predicted octanol–water partition coefficient (Wildman–Crippen LogP) is 6.05. The molecule has 0 amide bonds. The van der Waals surface area contributed by atoms with Crippen molar-refractivity contribution in [2.24, 2.45) is 0 Å². The number of benzene rings is 3. The summed E-state index contributed by atoms with van der Waals surface area (Å²) in [6, 6.07) is 24.8. The van der Waals surface area contributed by atoms with Crippen LogP contribution in [0.5, 0.6) is 11.5 Å². The molecule has 0 saturated heterocycles. The van der Waals surface area contributed by atoms with Crippen molar-refractivity contribution < 1.29 is 14.2 Å². The van der Waals surface area contributed by atoms with Gasteiger partial charge in [-0.3, -0.25) is 0 Å². The van der Waals surface area contributed by atoms with Crippen molar-refractivity contribution in [1.82, 2.24) is 0 Å². The van der Waals surface area contributed by atoms with Gasteiger partial charge in [-0.25, -0.2) is 0 Å². The van der Waals surface area contributed by atoms with Crippen LogP contribution in [0, 0.1) is 6.92 Å². The molecule has 150 valence electrons. The van der Waals surface area contributed by atoms with Crippen molar-refractivity contribution in [3.05, 3.63) is 95.1 Å². The van der Waals surface area contributed by atoms with E-state index in [-0.39, 0.29) is 12.2 Å². The predicted molar refractivity (Wildman–Crippen MR) is 115 cm³/mol. The number of fused-ring (bicyclic) bond motifs is 1. The average Bonchev–Trinajstić information content (AvgIpc) is 2.76. The molecule has 0 aliphatic carbocycles. The van der Waals surface area contributed by atoms with Gasteiger partial charge in [0.05, 0.1) is 0 Å². The Morgan fingerprint density at radius 1 is 0.966 bits per heavy atom. The first-order valence-electron chi connectivity index (χ1n) is 10.4. The lowest BCUT2D eigenvalue weighted by molar-refractivity contribution is -0.0373. The molecular formula is C26H28O3. The monoisotopic (exact) mass is 388 g/mol. The van der Waals surface area contributed by atoms with Gasteiger partial charge in [0.25, 0.3) is 0 Å². The van der Waals surface area contributed by atoms with E-state index in [2.05, 4.69) is 56.3 Å². The van der Waals surface area contributed by atoms with Crippen LogP contribution in [0.25, 0.3) is 0 Å². The van der Waals surface area contributed by atoms with Crippen molar-refractivity contribution in [3.63, 3.8) is 0 Å². The Labute approximate surface area is 173 Å². The van der Waals surface area contributed by atoms with Crippen molar-refractivity contribution >= 4 is 0 Å². The summed E-state index contributed by atoms with van der Waals surface area (Å²) in [5.74, 6) is 1.81. The fourth-order valence-corrected chi connectivity index (χ4v) is 3.70. The van der Waals surface area contributed by atoms with Gasteiger partial charge in [0, 0.05) is 13.0 Å². The van der Waals surface area contributed by atoms with Gasteiger partial charge in [-0.15, -0.1) is 0 Å². The van der Waals surface area contributed by atoms with Crippen LogP contribution < -0.4 is 9.47 Å². The lowest BCUT2D eigenvalue weighted by Gasteiger charge is -2.34. The van der Waals surface area contributed by atoms with Gasteiger partial charge < -0.3 is 14.2 Å². The molecule has 0 N–H and O–H groups in total. The molecule has 0 radical (unpaired) electrons. The maximum absolute atomic E-state index is 6.45. The second-order valence-electron chi connectivity index (χ2n) is 7.61. The van der Waals surface area contributed by atoms with Crippen molar-refractivity contribution in [1.29, 1.82) is 0 Å². The van der Waals surface area contributed by atoms with E-state index in [1.165, 1.54) is 11.1 Å². The summed E-state index contributed by atoms with van der Waals surface area (Å²) >= 11 is 0. The van der Waals surface area contributed by atoms with Gasteiger partial charge in [-0.2, -0.15) is 0 Å². The van der Waals surface area contributed by atoms with E-state index >= 15 is 0 Å². The van der Waals surface area contributed by atoms with Crippen LogP contribution in [0.2, 0.25) is 0 Å². The topological polar surface area (TPSA) is 27.7 Å². The summed E-state index contributed by atoms with van der Waals surface area (Å²) in [5, 5.41) is 0. The molecule has 2 atom stereocenters. The third kappa shape index (κ3) is 4.80. The summed E-state index contributed by atoms with van der Waals surface area (Å²) < 4.78 is 18.7. The van der Waals surface area contributed by atoms with Crippen molar-refractivity contribution in [2.75, 3.05) is 6.61 Å². The van der Waals surface area contributed by atoms with E-state index < -0.39 is 0 Å². The third-order valence-corrected chi connectivity index (χ3v) is 5.21. The van der Waals surface area contributed by atoms with E-state index in [1.807, 2.05) is 30.3 Å². The molecule has 1 aliphatic rings. The van der Waals surface area contributed by atoms with Gasteiger partial charge in [0.2, 0.25) is 0 Å². The normalized spacial score (nSPS) is 18.0. The number of ether oxygens (including phenoxy) is 3. The summed E-state index contributed by atoms with van der Waals surface area (Å²) in [5.41, 5.74) is 4.66. The fraction of sp³-hybridized carbons (Fsp3) is 0.308. The first kappa shape index (κ1) is 19.5. The zero-order valence-corrected chi connectivity index (χ0v) is 17.1. The molecule has 1 unspecified atom stereocenters. The standard InChI is InChI=1S/C26H28O3/c1-3-14-27-25-17-21-13-12-19(2)15-24(21)29-26(25)22-10-7-11-23(16-22)28-18-20-8-5-4-6-9-20/h4-13,15-16,25-26H,3,14,17-18H2,1-2H3/t25-,26?/m1/s1. The van der Waals surface area contributed by atoms with Crippen LogP contribution in [0.4, 0.5) is 0 Å². The molecular weight excluding hydrogens is 360 g/mol. The number of hydrogen-bond acceptors (Lipinski definition) is 3. The first-order valence-corrected chi connectivity index (χ1v) is 10.4. The highest BCUT2D eigenvalue weighted by Gasteiger charge is 2.32. The fourth-order valence-electron chi connectivity index (χ4n) is 3.70. The average molecular weight is 389 g/mol. The van der Waals surface area contributed by atoms with Crippen LogP contribution in [-0.4, -0.2) is 12.7 Å². The Hall–Kier alpha value is -2.78. The van der Waals surface area contributed by atoms with E-state index in [0.717, 1.165) is 42.1 Å². The summed E-state index contributed by atoms with van der Waals surface area (Å²) in [6.07, 6.45) is 1.70. The highest BCUT2D eigenvalue weighted by Crippen LogP contribution is 2.38. The minimum absolute atomic E-state index is 0.00507. The first-order chi connectivity index (χ1) is 14.2. The molecule has 0 bridgehead atoms. The van der Waals surface area contributed by atoms with E-state index in [9.17, 15) is 0 Å². The van der Waals surface area contributed by atoms with Crippen molar-refractivity contribution in [2.45, 2.75) is 45.5 Å². The number of hydrogen-bond donors (Lipinski definition) is 0. The number of rotatable bonds is 7. The molecule has 3 aromatic carbocycles. The quantitative estimate of drug-likeness (QED) is 0.493. The molecule has 0 saturated carbocycles. The van der Waals surface area contributed by atoms with Gasteiger partial charge in [-0.1, -0.05) is 61.5 Å². The largest absolute Gasteiger partial charge is 0.489 e. The molecule has 0 spiro atoms. The highest BCUT2D eigenvalue weighted by atomic mass is 16.5. The molecule has 4 rings (SSSR count). The Bertz CT molecular complexity index is 936. The molecule has 1 aliphatic heterocycles. The van der Waals surface area contributed by atoms with Gasteiger partial charge in [0.1, 0.15) is 24.2 Å². The molecule has 0 fully saturated rings. The number of aryl methyl sites for hydroxylation is 1. The third-order valence-electron chi connectivity index (χ3n) is 5.21. The van der Waals surface area contributed by atoms with Crippen LogP contribution in [0.1, 0.15) is 41.7 Å². The van der Waals surface area contributed by atoms with Crippen LogP contribution in [-0.2, 0) is 17.8 Å². The van der Waals surface area contributed by atoms with E-state index in [1.54, 1.807) is 0 Å². The van der Waals surface area contributed by atoms with Gasteiger partial charge >= 0.3 is 0 Å². The second-order valence-corrected chi connectivity index (χ2v) is 7.61. The smallest absolute Gasteiger partial charge is 0.150 e. The SMILES string of the molecule is CCCO[C@@H]1Cc2ccc(C)cc2OC1c1cccc(OCc2ccccc2)c1. The molecule has 3 nitrogen and oxygen atoms in total. The second kappa shape index (κ2) is 9.15. The zero-order chi connectivity index (χ0) is 20.1. The van der Waals surface area contributed by atoms with Gasteiger partial charge in [-0.05, 0) is 53.8 Å². The molecule has 29 heavy (non-hydrogen) atoms. The van der Waals surface area contributed by atoms with Crippen molar-refractivity contribution in [3.8, 4) is 11.5 Å². The van der Waals surface area contributed by atoms with Gasteiger partial charge in [0.15, 0.2) is 6.10 Å². The Balaban J connectivity index is 1.55. The summed E-state index contributed by atoms with van der Waals surface area (Å²) in [7, 11) is 0. The minimum Gasteiger partial charge on any atom is -0.489 e. The lowest BCUT2D eigenvalue weighted by atomic mass is 9.93. The zero-order valence-electron chi connectivity index (χ0n) is 17.1.